The highest BCUT2D eigenvalue weighted by atomic mass is 31.2. The molecule has 0 radical (unpaired) electrons. The van der Waals surface area contributed by atoms with Gasteiger partial charge in [0.2, 0.25) is 0 Å². The predicted octanol–water partition coefficient (Wildman–Crippen LogP) is 6.38. The zero-order chi connectivity index (χ0) is 31.4. The Labute approximate surface area is 256 Å². The highest BCUT2D eigenvalue weighted by Gasteiger charge is 2.35. The third-order valence-electron chi connectivity index (χ3n) is 6.89. The number of rotatable bonds is 13. The minimum Gasteiger partial charge on any atom is -0.462 e. The average molecular weight is 620 g/mol. The minimum atomic E-state index is -4.15. The molecule has 0 aliphatic heterocycles. The molecule has 3 atom stereocenters. The van der Waals surface area contributed by atoms with Crippen molar-refractivity contribution in [2.24, 2.45) is 0 Å². The fourth-order valence-corrected chi connectivity index (χ4v) is 6.67. The second-order valence-electron chi connectivity index (χ2n) is 10.8. The van der Waals surface area contributed by atoms with Gasteiger partial charge >= 0.3 is 13.7 Å². The van der Waals surface area contributed by atoms with E-state index in [0.717, 1.165) is 27.2 Å². The maximum absolute atomic E-state index is 14.4. The number of anilines is 1. The van der Waals surface area contributed by atoms with Gasteiger partial charge in [0, 0.05) is 12.0 Å². The molecule has 2 heterocycles. The second kappa shape index (κ2) is 13.3. The van der Waals surface area contributed by atoms with Crippen molar-refractivity contribution in [2.45, 2.75) is 66.0 Å². The lowest BCUT2D eigenvalue weighted by Crippen LogP contribution is -2.37. The molecule has 0 saturated heterocycles. The Morgan fingerprint density at radius 3 is 2.48 bits per heavy atom. The van der Waals surface area contributed by atoms with Gasteiger partial charge in [-0.2, -0.15) is 5.09 Å². The zero-order valence-electron chi connectivity index (χ0n) is 25.5. The van der Waals surface area contributed by atoms with Gasteiger partial charge in [-0.15, -0.1) is 0 Å². The number of hydrogen-bond acceptors (Lipinski definition) is 9. The number of nitrogens with two attached hydrogens (primary N) is 1. The third-order valence-corrected chi connectivity index (χ3v) is 8.68. The van der Waals surface area contributed by atoms with Crippen molar-refractivity contribution in [3.8, 4) is 5.75 Å². The Hall–Kier alpha value is -4.02. The second-order valence-corrected chi connectivity index (χ2v) is 12.5. The number of nitrogens with one attached hydrogen (secondary N) is 1. The highest BCUT2D eigenvalue weighted by Crippen LogP contribution is 2.47. The molecule has 232 valence electrons. The smallest absolute Gasteiger partial charge is 0.459 e. The van der Waals surface area contributed by atoms with Gasteiger partial charge in [0.1, 0.15) is 29.7 Å². The van der Waals surface area contributed by atoms with Crippen molar-refractivity contribution in [1.29, 1.82) is 0 Å². The van der Waals surface area contributed by atoms with E-state index in [-0.39, 0.29) is 19.3 Å². The highest BCUT2D eigenvalue weighted by molar-refractivity contribution is 7.52. The lowest BCUT2D eigenvalue weighted by molar-refractivity contribution is -0.149. The molecule has 12 heteroatoms. The van der Waals surface area contributed by atoms with Gasteiger partial charge in [-0.1, -0.05) is 48.5 Å². The van der Waals surface area contributed by atoms with Crippen molar-refractivity contribution in [1.82, 2.24) is 19.6 Å². The van der Waals surface area contributed by atoms with Crippen LogP contribution < -0.4 is 15.3 Å². The Morgan fingerprint density at radius 1 is 1.00 bits per heavy atom. The number of para-hydroxylation sites is 1. The van der Waals surface area contributed by atoms with Crippen LogP contribution in [0.15, 0.2) is 66.7 Å². The van der Waals surface area contributed by atoms with E-state index in [9.17, 15) is 9.36 Å². The summed E-state index contributed by atoms with van der Waals surface area (Å²) in [6.07, 6.45) is -1.03. The first-order chi connectivity index (χ1) is 21.1. The molecular weight excluding hydrogens is 581 g/mol. The van der Waals surface area contributed by atoms with Gasteiger partial charge in [0.25, 0.3) is 0 Å². The molecule has 0 saturated carbocycles. The van der Waals surface area contributed by atoms with Crippen LogP contribution in [0, 0.1) is 0 Å². The van der Waals surface area contributed by atoms with E-state index in [1.165, 1.54) is 0 Å². The number of pyridine rings is 1. The third kappa shape index (κ3) is 7.03. The lowest BCUT2D eigenvalue weighted by Gasteiger charge is -2.26. The van der Waals surface area contributed by atoms with Crippen molar-refractivity contribution < 1.29 is 27.9 Å². The first-order valence-corrected chi connectivity index (χ1v) is 16.2. The van der Waals surface area contributed by atoms with Crippen molar-refractivity contribution in [3.63, 3.8) is 0 Å². The summed E-state index contributed by atoms with van der Waals surface area (Å²) in [5, 5.41) is 5.55. The number of carbonyl (C=O) groups is 1. The van der Waals surface area contributed by atoms with Gasteiger partial charge < -0.3 is 24.3 Å². The largest absolute Gasteiger partial charge is 0.462 e. The van der Waals surface area contributed by atoms with Gasteiger partial charge in [-0.3, -0.25) is 9.32 Å². The van der Waals surface area contributed by atoms with Crippen LogP contribution in [-0.4, -0.2) is 45.4 Å². The van der Waals surface area contributed by atoms with Gasteiger partial charge in [-0.25, -0.2) is 14.5 Å². The number of nitrogens with zero attached hydrogens (tertiary/aromatic N) is 3. The summed E-state index contributed by atoms with van der Waals surface area (Å²) in [5.74, 6) is 0.668. The van der Waals surface area contributed by atoms with E-state index in [4.69, 9.17) is 29.2 Å². The molecular formula is C32H38N5O6P. The van der Waals surface area contributed by atoms with E-state index >= 15 is 0 Å². The van der Waals surface area contributed by atoms with Crippen LogP contribution in [0.4, 0.5) is 5.82 Å². The van der Waals surface area contributed by atoms with E-state index in [0.29, 0.717) is 29.5 Å². The van der Waals surface area contributed by atoms with Crippen molar-refractivity contribution >= 4 is 52.2 Å². The average Bonchev–Trinajstić information content (AvgIpc) is 3.34. The normalized spacial score (nSPS) is 14.6. The topological polar surface area (TPSA) is 140 Å². The van der Waals surface area contributed by atoms with Gasteiger partial charge in [0.15, 0.2) is 5.82 Å². The molecule has 0 fully saturated rings. The predicted molar refractivity (Wildman–Crippen MR) is 171 cm³/mol. The summed E-state index contributed by atoms with van der Waals surface area (Å²) in [4.78, 5) is 22.0. The molecule has 0 aliphatic rings. The quantitative estimate of drug-likeness (QED) is 0.113. The summed E-state index contributed by atoms with van der Waals surface area (Å²) in [6, 6.07) is 19.8. The molecule has 0 amide bonds. The number of esters is 1. The maximum Gasteiger partial charge on any atom is 0.459 e. The molecule has 0 aliphatic carbocycles. The standard InChI is InChI=1S/C32H38N5O6P/c1-6-40-19-28-35-29-30(26-13-9-10-14-27(26)34-31(29)33)37(28)18-21(4)42-44(39,36-22(5)32(38)41-20(2)3)43-25-16-15-23-11-7-8-12-24(23)17-25/h7-17,20-22H,6,18-19H2,1-5H3,(H2,33,34)(H,36,39)/t21-,22-,44+/m0/s1. The van der Waals surface area contributed by atoms with Gasteiger partial charge in [-0.05, 0) is 63.6 Å². The molecule has 0 unspecified atom stereocenters. The fraction of sp³-hybridized carbons (Fsp3) is 0.344. The summed E-state index contributed by atoms with van der Waals surface area (Å²) >= 11 is 0. The molecule has 3 N–H and O–H groups in total. The lowest BCUT2D eigenvalue weighted by atomic mass is 10.1. The number of fused-ring (bicyclic) bond motifs is 4. The van der Waals surface area contributed by atoms with Gasteiger partial charge in [0.05, 0.1) is 29.8 Å². The van der Waals surface area contributed by atoms with Crippen LogP contribution in [0.1, 0.15) is 40.4 Å². The number of carbonyl (C=O) groups excluding carboxylic acids is 1. The SMILES string of the molecule is CCOCc1nc2c(N)nc3ccccc3c2n1C[C@H](C)O[P@](=O)(N[C@@H](C)C(=O)OC(C)C)Oc1ccc2ccccc2c1. The molecule has 11 nitrogen and oxygen atoms in total. The zero-order valence-corrected chi connectivity index (χ0v) is 26.4. The summed E-state index contributed by atoms with van der Waals surface area (Å²) in [5.41, 5.74) is 8.37. The van der Waals surface area contributed by atoms with Crippen molar-refractivity contribution in [2.75, 3.05) is 12.3 Å². The molecule has 5 aromatic rings. The number of nitrogen functional groups attached to an aromatic ring is 1. The Kier molecular flexibility index (Phi) is 9.51. The fourth-order valence-electron chi connectivity index (χ4n) is 5.00. The van der Waals surface area contributed by atoms with Crippen molar-refractivity contribution in [3.05, 3.63) is 72.6 Å². The maximum atomic E-state index is 14.4. The van der Waals surface area contributed by atoms with Crippen LogP contribution >= 0.6 is 7.75 Å². The van der Waals surface area contributed by atoms with E-state index in [1.54, 1.807) is 39.8 Å². The number of hydrogen-bond donors (Lipinski definition) is 2. The molecule has 0 spiro atoms. The molecule has 3 aromatic carbocycles. The van der Waals surface area contributed by atoms with Crippen LogP contribution in [0.3, 0.4) is 0 Å². The number of benzene rings is 3. The Morgan fingerprint density at radius 2 is 1.73 bits per heavy atom. The monoisotopic (exact) mass is 619 g/mol. The number of imidazole rings is 1. The number of aromatic nitrogens is 3. The Balaban J connectivity index is 1.49. The molecule has 0 bridgehead atoms. The van der Waals surface area contributed by atoms with Crippen LogP contribution in [0.5, 0.6) is 5.75 Å². The summed E-state index contributed by atoms with van der Waals surface area (Å²) < 4.78 is 39.6. The van der Waals surface area contributed by atoms with Crippen LogP contribution in [0.2, 0.25) is 0 Å². The van der Waals surface area contributed by atoms with Crippen LogP contribution in [-0.2, 0) is 36.5 Å². The summed E-state index contributed by atoms with van der Waals surface area (Å²) in [6.45, 7) is 9.68. The minimum absolute atomic E-state index is 0.226. The van der Waals surface area contributed by atoms with E-state index in [2.05, 4.69) is 10.1 Å². The first kappa shape index (κ1) is 31.4. The Bertz CT molecular complexity index is 1840. The van der Waals surface area contributed by atoms with E-state index in [1.807, 2.05) is 66.1 Å². The number of ether oxygens (including phenoxy) is 2. The summed E-state index contributed by atoms with van der Waals surface area (Å²) in [7, 11) is -4.15. The molecule has 44 heavy (non-hydrogen) atoms. The van der Waals surface area contributed by atoms with Crippen LogP contribution in [0.25, 0.3) is 32.7 Å². The van der Waals surface area contributed by atoms with E-state index < -0.39 is 25.9 Å². The molecule has 5 rings (SSSR count). The first-order valence-electron chi connectivity index (χ1n) is 14.6. The molecule has 2 aromatic heterocycles.